The fourth-order valence-electron chi connectivity index (χ4n) is 2.27. The van der Waals surface area contributed by atoms with Crippen molar-refractivity contribution in [2.24, 2.45) is 0 Å². The van der Waals surface area contributed by atoms with E-state index in [2.05, 4.69) is 21.2 Å². The molecule has 0 bridgehead atoms. The van der Waals surface area contributed by atoms with Gasteiger partial charge in [-0.25, -0.2) is 0 Å². The summed E-state index contributed by atoms with van der Waals surface area (Å²) < 4.78 is 0.861. The first-order chi connectivity index (χ1) is 10.6. The van der Waals surface area contributed by atoms with Crippen LogP contribution in [0.3, 0.4) is 0 Å². The van der Waals surface area contributed by atoms with Gasteiger partial charge in [-0.05, 0) is 37.5 Å². The number of amides is 1. The summed E-state index contributed by atoms with van der Waals surface area (Å²) in [7, 11) is 0. The molecular weight excluding hydrogens is 414 g/mol. The Hall–Kier alpha value is 0.0700. The van der Waals surface area contributed by atoms with E-state index in [1.165, 1.54) is 0 Å². The summed E-state index contributed by atoms with van der Waals surface area (Å²) in [4.78, 5) is 34.3. The van der Waals surface area contributed by atoms with E-state index < -0.39 is 37.5 Å². The maximum absolute atomic E-state index is 12.1. The molecule has 10 heteroatoms. The van der Waals surface area contributed by atoms with Crippen molar-refractivity contribution in [2.45, 2.75) is 20.8 Å². The number of hydrogen-bond acceptors (Lipinski definition) is 6. The molecule has 0 saturated carbocycles. The third-order valence-corrected chi connectivity index (χ3v) is 4.44. The molecule has 0 unspecified atom stereocenters. The van der Waals surface area contributed by atoms with Crippen LogP contribution in [-0.2, 0) is 14.4 Å². The first-order valence-corrected chi connectivity index (χ1v) is 7.59. The number of rotatable bonds is 7. The van der Waals surface area contributed by atoms with Crippen LogP contribution in [0.15, 0.2) is 10.5 Å². The minimum absolute atomic E-state index is 0. The van der Waals surface area contributed by atoms with Crippen LogP contribution in [0.25, 0.3) is 0 Å². The van der Waals surface area contributed by atoms with Gasteiger partial charge in [0, 0.05) is 23.2 Å². The van der Waals surface area contributed by atoms with Gasteiger partial charge in [-0.1, -0.05) is 22.0 Å². The van der Waals surface area contributed by atoms with Gasteiger partial charge >= 0.3 is 59.1 Å². The van der Waals surface area contributed by atoms with Gasteiger partial charge in [0.25, 0.3) is 0 Å². The topological polar surface area (TPSA) is 113 Å². The Morgan fingerprint density at radius 1 is 1.00 bits per heavy atom. The summed E-state index contributed by atoms with van der Waals surface area (Å²) in [6.45, 7) is 3.86. The normalized spacial score (nSPS) is 9.80. The third-order valence-electron chi connectivity index (χ3n) is 3.21. The molecule has 0 radical (unpaired) electrons. The van der Waals surface area contributed by atoms with Crippen LogP contribution in [-0.4, -0.2) is 42.4 Å². The summed E-state index contributed by atoms with van der Waals surface area (Å²) >= 11 is 3.44. The number of nitrogens with one attached hydrogen (secondary N) is 1. The standard InChI is InChI=1S/C15H19BrN2O5.2Na/c1-8-4-9(2)15(10(3)14(8)16)17-11(19)5-18(6-12(20)21)7-13(22)23;;/h4H,5-7H2,1-3H3,(H,17,19)(H,20,21)(H,22,23);;/q;2*+1/p-2. The Kier molecular flexibility index (Phi) is 13.6. The molecule has 1 amide bonds. The van der Waals surface area contributed by atoms with E-state index in [-0.39, 0.29) is 59.1 Å². The molecule has 1 N–H and O–H groups in total. The fraction of sp³-hybridized carbons (Fsp3) is 0.400. The van der Waals surface area contributed by atoms with Crippen LogP contribution < -0.4 is 74.6 Å². The van der Waals surface area contributed by atoms with Gasteiger partial charge in [0.1, 0.15) is 0 Å². The molecule has 0 fully saturated rings. The number of carboxylic acids is 2. The second kappa shape index (κ2) is 12.5. The minimum Gasteiger partial charge on any atom is -0.549 e. The molecule has 1 aromatic rings. The van der Waals surface area contributed by atoms with Gasteiger partial charge in [0.05, 0.1) is 18.5 Å². The van der Waals surface area contributed by atoms with Crippen molar-refractivity contribution in [3.8, 4) is 0 Å². The Balaban J connectivity index is 0. The predicted octanol–water partition coefficient (Wildman–Crippen LogP) is -6.88. The molecule has 0 aromatic heterocycles. The van der Waals surface area contributed by atoms with Gasteiger partial charge in [-0.3, -0.25) is 9.69 Å². The second-order valence-corrected chi connectivity index (χ2v) is 6.05. The van der Waals surface area contributed by atoms with Crippen molar-refractivity contribution in [1.29, 1.82) is 0 Å². The zero-order valence-corrected chi connectivity index (χ0v) is 20.7. The van der Waals surface area contributed by atoms with Crippen molar-refractivity contribution < 1.29 is 83.7 Å². The third kappa shape index (κ3) is 9.01. The van der Waals surface area contributed by atoms with Crippen molar-refractivity contribution in [2.75, 3.05) is 25.0 Å². The summed E-state index contributed by atoms with van der Waals surface area (Å²) in [5.41, 5.74) is 3.31. The number of carbonyl (C=O) groups excluding carboxylic acids is 3. The molecule has 0 saturated heterocycles. The van der Waals surface area contributed by atoms with Gasteiger partial charge in [-0.15, -0.1) is 0 Å². The maximum Gasteiger partial charge on any atom is 1.00 e. The number of hydrogen-bond donors (Lipinski definition) is 1. The molecule has 0 aliphatic rings. The number of carboxylic acid groups (broad SMARTS) is 2. The molecule has 0 aliphatic heterocycles. The Morgan fingerprint density at radius 3 is 1.92 bits per heavy atom. The summed E-state index contributed by atoms with van der Waals surface area (Å²) in [6.07, 6.45) is 0. The van der Waals surface area contributed by atoms with Gasteiger partial charge in [-0.2, -0.15) is 0 Å². The first-order valence-electron chi connectivity index (χ1n) is 6.80. The molecule has 0 atom stereocenters. The van der Waals surface area contributed by atoms with Crippen molar-refractivity contribution >= 4 is 39.5 Å². The molecule has 25 heavy (non-hydrogen) atoms. The SMILES string of the molecule is Cc1cc(C)c(NC(=O)CN(CC(=O)[O-])CC(=O)[O-])c(C)c1Br.[Na+].[Na+]. The number of anilines is 1. The minimum atomic E-state index is -1.47. The van der Waals surface area contributed by atoms with Crippen molar-refractivity contribution in [1.82, 2.24) is 4.90 Å². The average Bonchev–Trinajstić information content (AvgIpc) is 2.39. The van der Waals surface area contributed by atoms with Gasteiger partial charge in [0.2, 0.25) is 5.91 Å². The molecule has 0 spiro atoms. The van der Waals surface area contributed by atoms with Crippen LogP contribution in [0.4, 0.5) is 5.69 Å². The van der Waals surface area contributed by atoms with Crippen LogP contribution in [0.5, 0.6) is 0 Å². The van der Waals surface area contributed by atoms with Crippen molar-refractivity contribution in [3.05, 3.63) is 27.2 Å². The Bertz CT molecular complexity index is 639. The average molecular weight is 431 g/mol. The first kappa shape index (κ1) is 27.3. The number of aliphatic carboxylic acids is 2. The Morgan fingerprint density at radius 2 is 1.48 bits per heavy atom. The largest absolute Gasteiger partial charge is 1.00 e. The summed E-state index contributed by atoms with van der Waals surface area (Å²) in [5, 5.41) is 23.9. The number of aryl methyl sites for hydroxylation is 2. The van der Waals surface area contributed by atoms with E-state index in [0.717, 1.165) is 26.1 Å². The van der Waals surface area contributed by atoms with Gasteiger partial charge in [0.15, 0.2) is 0 Å². The molecule has 7 nitrogen and oxygen atoms in total. The van der Waals surface area contributed by atoms with E-state index >= 15 is 0 Å². The predicted molar refractivity (Wildman–Crippen MR) is 83.4 cm³/mol. The van der Waals surface area contributed by atoms with E-state index in [4.69, 9.17) is 0 Å². The number of halogens is 1. The molecule has 0 heterocycles. The molecule has 1 rings (SSSR count). The van der Waals surface area contributed by atoms with Crippen LogP contribution >= 0.6 is 15.9 Å². The zero-order chi connectivity index (χ0) is 17.7. The number of benzene rings is 1. The monoisotopic (exact) mass is 430 g/mol. The Labute approximate surface area is 199 Å². The summed E-state index contributed by atoms with van der Waals surface area (Å²) in [6, 6.07) is 1.90. The van der Waals surface area contributed by atoms with Crippen LogP contribution in [0.2, 0.25) is 0 Å². The fourth-order valence-corrected chi connectivity index (χ4v) is 2.58. The zero-order valence-electron chi connectivity index (χ0n) is 15.1. The van der Waals surface area contributed by atoms with Crippen molar-refractivity contribution in [3.63, 3.8) is 0 Å². The molecular formula is C15H17BrN2Na2O5. The van der Waals surface area contributed by atoms with E-state index in [1.54, 1.807) is 0 Å². The molecule has 1 aromatic carbocycles. The van der Waals surface area contributed by atoms with Crippen LogP contribution in [0.1, 0.15) is 16.7 Å². The van der Waals surface area contributed by atoms with Crippen LogP contribution in [0, 0.1) is 20.8 Å². The molecule has 126 valence electrons. The smallest absolute Gasteiger partial charge is 0.549 e. The van der Waals surface area contributed by atoms with Gasteiger partial charge < -0.3 is 25.1 Å². The maximum atomic E-state index is 12.1. The van der Waals surface area contributed by atoms with E-state index in [0.29, 0.717) is 5.69 Å². The molecule has 0 aliphatic carbocycles. The quantitative estimate of drug-likeness (QED) is 0.430. The summed E-state index contributed by atoms with van der Waals surface area (Å²) in [5.74, 6) is -3.46. The van der Waals surface area contributed by atoms with E-state index in [9.17, 15) is 24.6 Å². The number of nitrogens with zero attached hydrogens (tertiary/aromatic N) is 1. The second-order valence-electron chi connectivity index (χ2n) is 5.26. The number of carbonyl (C=O) groups is 3. The van der Waals surface area contributed by atoms with E-state index in [1.807, 2.05) is 26.8 Å².